The smallest absolute Gasteiger partial charge is 0.346 e. The standard InChI is InChI=1S/C16H21N3O4/c1-16(2,3)19-15(21)18(10-17-19)9-12(20)11-6-7-13(22-4)14(8-11)23-5/h6-8,10H,9H2,1-5H3. The molecule has 0 spiro atoms. The number of carbonyl (C=O) groups excluding carboxylic acids is 1. The van der Waals surface area contributed by atoms with Crippen LogP contribution >= 0.6 is 0 Å². The Bertz CT molecular complexity index is 768. The summed E-state index contributed by atoms with van der Waals surface area (Å²) in [6.07, 6.45) is 1.38. The molecule has 0 aliphatic carbocycles. The van der Waals surface area contributed by atoms with Crippen LogP contribution in [0.2, 0.25) is 0 Å². The molecule has 0 radical (unpaired) electrons. The van der Waals surface area contributed by atoms with E-state index in [0.717, 1.165) is 0 Å². The Morgan fingerprint density at radius 2 is 1.83 bits per heavy atom. The van der Waals surface area contributed by atoms with Crippen LogP contribution in [0, 0.1) is 0 Å². The molecule has 0 atom stereocenters. The van der Waals surface area contributed by atoms with Crippen molar-refractivity contribution in [2.24, 2.45) is 0 Å². The summed E-state index contributed by atoms with van der Waals surface area (Å²) in [5.41, 5.74) is -0.307. The third-order valence-electron chi connectivity index (χ3n) is 3.39. The van der Waals surface area contributed by atoms with Crippen molar-refractivity contribution < 1.29 is 14.3 Å². The minimum atomic E-state index is -0.436. The lowest BCUT2D eigenvalue weighted by molar-refractivity contribution is 0.0970. The van der Waals surface area contributed by atoms with Gasteiger partial charge in [-0.1, -0.05) is 0 Å². The van der Waals surface area contributed by atoms with Gasteiger partial charge in [0.2, 0.25) is 0 Å². The van der Waals surface area contributed by atoms with Crippen molar-refractivity contribution in [2.75, 3.05) is 14.2 Å². The highest BCUT2D eigenvalue weighted by atomic mass is 16.5. The lowest BCUT2D eigenvalue weighted by Gasteiger charge is -2.16. The zero-order valence-electron chi connectivity index (χ0n) is 14.0. The fourth-order valence-electron chi connectivity index (χ4n) is 2.16. The first-order valence-electron chi connectivity index (χ1n) is 7.18. The van der Waals surface area contributed by atoms with E-state index in [4.69, 9.17) is 9.47 Å². The van der Waals surface area contributed by atoms with E-state index in [1.807, 2.05) is 20.8 Å². The first-order valence-corrected chi connectivity index (χ1v) is 7.18. The van der Waals surface area contributed by atoms with E-state index < -0.39 is 5.54 Å². The molecule has 1 aromatic carbocycles. The molecule has 0 amide bonds. The Kier molecular flexibility index (Phi) is 4.58. The minimum absolute atomic E-state index is 0.0790. The zero-order valence-corrected chi connectivity index (χ0v) is 14.0. The van der Waals surface area contributed by atoms with E-state index in [1.165, 1.54) is 29.8 Å². The number of methoxy groups -OCH3 is 2. The van der Waals surface area contributed by atoms with Crippen LogP contribution in [0.1, 0.15) is 31.1 Å². The number of benzene rings is 1. The van der Waals surface area contributed by atoms with Gasteiger partial charge in [-0.3, -0.25) is 9.36 Å². The number of rotatable bonds is 5. The molecule has 0 aliphatic rings. The largest absolute Gasteiger partial charge is 0.493 e. The van der Waals surface area contributed by atoms with E-state index in [2.05, 4.69) is 5.10 Å². The second-order valence-corrected chi connectivity index (χ2v) is 6.12. The molecule has 0 saturated carbocycles. The molecule has 23 heavy (non-hydrogen) atoms. The minimum Gasteiger partial charge on any atom is -0.493 e. The summed E-state index contributed by atoms with van der Waals surface area (Å²) in [5.74, 6) is 0.805. The Labute approximate surface area is 134 Å². The maximum atomic E-state index is 12.4. The van der Waals surface area contributed by atoms with E-state index in [1.54, 1.807) is 18.2 Å². The van der Waals surface area contributed by atoms with Crippen molar-refractivity contribution in [3.05, 3.63) is 40.6 Å². The summed E-state index contributed by atoms with van der Waals surface area (Å²) in [5, 5.41) is 4.07. The first kappa shape index (κ1) is 16.8. The maximum absolute atomic E-state index is 12.4. The van der Waals surface area contributed by atoms with Crippen molar-refractivity contribution in [2.45, 2.75) is 32.9 Å². The quantitative estimate of drug-likeness (QED) is 0.784. The van der Waals surface area contributed by atoms with E-state index in [0.29, 0.717) is 17.1 Å². The Morgan fingerprint density at radius 3 is 2.35 bits per heavy atom. The monoisotopic (exact) mass is 319 g/mol. The average molecular weight is 319 g/mol. The van der Waals surface area contributed by atoms with E-state index in [-0.39, 0.29) is 18.0 Å². The summed E-state index contributed by atoms with van der Waals surface area (Å²) in [6, 6.07) is 4.90. The summed E-state index contributed by atoms with van der Waals surface area (Å²) < 4.78 is 13.0. The number of Topliss-reactive ketones (excluding diaryl/α,β-unsaturated/α-hetero) is 1. The van der Waals surface area contributed by atoms with Crippen LogP contribution in [0.15, 0.2) is 29.3 Å². The summed E-state index contributed by atoms with van der Waals surface area (Å²) in [4.78, 5) is 24.7. The predicted molar refractivity (Wildman–Crippen MR) is 85.4 cm³/mol. The second kappa shape index (κ2) is 6.28. The third-order valence-corrected chi connectivity index (χ3v) is 3.39. The van der Waals surface area contributed by atoms with Crippen molar-refractivity contribution in [3.8, 4) is 11.5 Å². The molecule has 1 aromatic heterocycles. The highest BCUT2D eigenvalue weighted by molar-refractivity contribution is 5.96. The van der Waals surface area contributed by atoms with Crippen LogP contribution in [-0.4, -0.2) is 34.4 Å². The molecule has 2 aromatic rings. The molecular weight excluding hydrogens is 298 g/mol. The lowest BCUT2D eigenvalue weighted by Crippen LogP contribution is -2.36. The highest BCUT2D eigenvalue weighted by Crippen LogP contribution is 2.27. The molecule has 0 fully saturated rings. The van der Waals surface area contributed by atoms with Crippen LogP contribution in [0.5, 0.6) is 11.5 Å². The molecule has 0 unspecified atom stereocenters. The van der Waals surface area contributed by atoms with Crippen LogP contribution < -0.4 is 15.2 Å². The molecule has 0 aliphatic heterocycles. The molecule has 124 valence electrons. The van der Waals surface area contributed by atoms with Crippen molar-refractivity contribution in [3.63, 3.8) is 0 Å². The fraction of sp³-hybridized carbons (Fsp3) is 0.438. The maximum Gasteiger partial charge on any atom is 0.346 e. The predicted octanol–water partition coefficient (Wildman–Crippen LogP) is 1.70. The normalized spacial score (nSPS) is 11.3. The number of carbonyl (C=O) groups is 1. The molecule has 2 rings (SSSR count). The molecule has 0 bridgehead atoms. The topological polar surface area (TPSA) is 75.4 Å². The zero-order chi connectivity index (χ0) is 17.2. The number of hydrogen-bond acceptors (Lipinski definition) is 5. The molecule has 7 heteroatoms. The second-order valence-electron chi connectivity index (χ2n) is 6.12. The van der Waals surface area contributed by atoms with Crippen LogP contribution in [0.3, 0.4) is 0 Å². The van der Waals surface area contributed by atoms with Crippen LogP contribution in [-0.2, 0) is 12.1 Å². The molecule has 1 heterocycles. The van der Waals surface area contributed by atoms with Crippen molar-refractivity contribution >= 4 is 5.78 Å². The van der Waals surface area contributed by atoms with Crippen molar-refractivity contribution in [1.29, 1.82) is 0 Å². The number of aromatic nitrogens is 3. The van der Waals surface area contributed by atoms with E-state index in [9.17, 15) is 9.59 Å². The Balaban J connectivity index is 2.27. The highest BCUT2D eigenvalue weighted by Gasteiger charge is 2.20. The first-order chi connectivity index (χ1) is 10.8. The summed E-state index contributed by atoms with van der Waals surface area (Å²) in [6.45, 7) is 5.55. The third kappa shape index (κ3) is 3.44. The number of ether oxygens (including phenoxy) is 2. The lowest BCUT2D eigenvalue weighted by atomic mass is 10.1. The summed E-state index contributed by atoms with van der Waals surface area (Å²) >= 11 is 0. The number of hydrogen-bond donors (Lipinski definition) is 0. The van der Waals surface area contributed by atoms with Gasteiger partial charge in [0.15, 0.2) is 17.3 Å². The van der Waals surface area contributed by atoms with E-state index >= 15 is 0 Å². The number of ketones is 1. The van der Waals surface area contributed by atoms with Gasteiger partial charge in [-0.2, -0.15) is 5.10 Å². The molecule has 0 N–H and O–H groups in total. The van der Waals surface area contributed by atoms with Gasteiger partial charge in [0.1, 0.15) is 6.33 Å². The van der Waals surface area contributed by atoms with Crippen molar-refractivity contribution in [1.82, 2.24) is 14.3 Å². The SMILES string of the molecule is COc1ccc(C(=O)Cn2cnn(C(C)(C)C)c2=O)cc1OC. The Morgan fingerprint density at radius 1 is 1.17 bits per heavy atom. The van der Waals surface area contributed by atoms with Gasteiger partial charge in [0, 0.05) is 5.56 Å². The summed E-state index contributed by atoms with van der Waals surface area (Å²) in [7, 11) is 3.03. The van der Waals surface area contributed by atoms with Gasteiger partial charge in [0.05, 0.1) is 26.3 Å². The molecule has 7 nitrogen and oxygen atoms in total. The molecular formula is C16H21N3O4. The average Bonchev–Trinajstić information content (AvgIpc) is 2.87. The van der Waals surface area contributed by atoms with Gasteiger partial charge in [-0.25, -0.2) is 9.48 Å². The number of nitrogens with zero attached hydrogens (tertiary/aromatic N) is 3. The Hall–Kier alpha value is -2.57. The van der Waals surface area contributed by atoms with Crippen LogP contribution in [0.25, 0.3) is 0 Å². The van der Waals surface area contributed by atoms with Gasteiger partial charge in [-0.15, -0.1) is 0 Å². The molecule has 0 saturated heterocycles. The van der Waals surface area contributed by atoms with Crippen LogP contribution in [0.4, 0.5) is 0 Å². The fourth-order valence-corrected chi connectivity index (χ4v) is 2.16. The van der Waals surface area contributed by atoms with Gasteiger partial charge in [-0.05, 0) is 39.0 Å². The van der Waals surface area contributed by atoms with Gasteiger partial charge in [0.25, 0.3) is 0 Å². The van der Waals surface area contributed by atoms with Gasteiger partial charge >= 0.3 is 5.69 Å². The van der Waals surface area contributed by atoms with Gasteiger partial charge < -0.3 is 9.47 Å².